The highest BCUT2D eigenvalue weighted by molar-refractivity contribution is 6.31. The van der Waals surface area contributed by atoms with Crippen molar-refractivity contribution in [2.24, 2.45) is 0 Å². The summed E-state index contributed by atoms with van der Waals surface area (Å²) in [4.78, 5) is 35.2. The number of carbonyl (C=O) groups is 1. The zero-order valence-corrected chi connectivity index (χ0v) is 24.7. The zero-order valence-electron chi connectivity index (χ0n) is 23.2. The first-order valence-electron chi connectivity index (χ1n) is 13.6. The van der Waals surface area contributed by atoms with Crippen molar-refractivity contribution in [3.63, 3.8) is 0 Å². The highest BCUT2D eigenvalue weighted by Gasteiger charge is 2.51. The molecule has 4 aromatic rings. The van der Waals surface area contributed by atoms with E-state index < -0.39 is 52.1 Å². The van der Waals surface area contributed by atoms with E-state index in [1.807, 2.05) is 0 Å². The summed E-state index contributed by atoms with van der Waals surface area (Å²) in [5.74, 6) is -3.46. The number of rotatable bonds is 5. The van der Waals surface area contributed by atoms with Gasteiger partial charge in [-0.1, -0.05) is 29.3 Å². The predicted molar refractivity (Wildman–Crippen MR) is 155 cm³/mol. The molecule has 1 saturated carbocycles. The maximum Gasteiger partial charge on any atom is 0.408 e. The van der Waals surface area contributed by atoms with Crippen molar-refractivity contribution in [3.05, 3.63) is 109 Å². The summed E-state index contributed by atoms with van der Waals surface area (Å²) in [6.45, 7) is 2.94. The average molecular weight is 649 g/mol. The molecule has 3 aromatic heterocycles. The van der Waals surface area contributed by atoms with Gasteiger partial charge in [-0.2, -0.15) is 13.2 Å². The molecule has 6 nitrogen and oxygen atoms in total. The standard InChI is InChI=1S/C31H23Cl2F5N4O2/c1-14-11-40-27(18-4-3-5-19(25(18)34)29(43)41-7-6-23(41)31(36,37)38)26(35)28(14)42-15(2)8-22(24(33)30(42)44)21-10-20(21)16-9-17(32)13-39-12-16/h3-5,8-9,11-13,20-21,23H,6-7,10H2,1-2H3/t20-,21+,23-/m1/s1. The van der Waals surface area contributed by atoms with Crippen LogP contribution in [0.3, 0.4) is 0 Å². The highest BCUT2D eigenvalue weighted by atomic mass is 35.5. The lowest BCUT2D eigenvalue weighted by Gasteiger charge is -2.41. The van der Waals surface area contributed by atoms with Crippen LogP contribution >= 0.6 is 23.2 Å². The normalized spacial score (nSPS) is 19.6. The average Bonchev–Trinajstić information content (AvgIpc) is 3.72. The molecule has 2 aliphatic rings. The Bertz CT molecular complexity index is 1890. The van der Waals surface area contributed by atoms with E-state index in [0.717, 1.165) is 22.3 Å². The van der Waals surface area contributed by atoms with E-state index in [1.165, 1.54) is 25.4 Å². The summed E-state index contributed by atoms with van der Waals surface area (Å²) in [5, 5.41) is 0.394. The number of likely N-dealkylation sites (tertiary alicyclic amines) is 1. The molecule has 4 heterocycles. The largest absolute Gasteiger partial charge is 0.408 e. The maximum absolute atomic E-state index is 16.3. The number of alkyl halides is 3. The van der Waals surface area contributed by atoms with Crippen LogP contribution in [0.5, 0.6) is 0 Å². The Hall–Kier alpha value is -3.83. The fourth-order valence-electron chi connectivity index (χ4n) is 5.85. The van der Waals surface area contributed by atoms with Gasteiger partial charge >= 0.3 is 6.18 Å². The Morgan fingerprint density at radius 3 is 2.43 bits per heavy atom. The van der Waals surface area contributed by atoms with E-state index >= 15 is 8.78 Å². The van der Waals surface area contributed by atoms with Crippen molar-refractivity contribution in [2.75, 3.05) is 6.54 Å². The Balaban J connectivity index is 1.38. The van der Waals surface area contributed by atoms with Gasteiger partial charge in [-0.3, -0.25) is 24.1 Å². The first-order chi connectivity index (χ1) is 20.8. The molecule has 1 saturated heterocycles. The molecule has 44 heavy (non-hydrogen) atoms. The van der Waals surface area contributed by atoms with Crippen molar-refractivity contribution in [1.82, 2.24) is 19.4 Å². The monoisotopic (exact) mass is 648 g/mol. The number of halogens is 7. The van der Waals surface area contributed by atoms with Crippen molar-refractivity contribution in [2.45, 2.75) is 50.7 Å². The Kier molecular flexibility index (Phi) is 7.52. The number of amides is 1. The van der Waals surface area contributed by atoms with Gasteiger partial charge in [0.05, 0.1) is 16.3 Å². The molecule has 0 radical (unpaired) electrons. The van der Waals surface area contributed by atoms with Gasteiger partial charge in [0.2, 0.25) is 0 Å². The number of nitrogens with zero attached hydrogens (tertiary/aromatic N) is 4. The Morgan fingerprint density at radius 2 is 1.77 bits per heavy atom. The van der Waals surface area contributed by atoms with Crippen molar-refractivity contribution in [3.8, 4) is 16.9 Å². The summed E-state index contributed by atoms with van der Waals surface area (Å²) < 4.78 is 72.8. The van der Waals surface area contributed by atoms with Crippen LogP contribution in [0, 0.1) is 25.5 Å². The zero-order chi connectivity index (χ0) is 31.7. The predicted octanol–water partition coefficient (Wildman–Crippen LogP) is 7.54. The van der Waals surface area contributed by atoms with Crippen molar-refractivity contribution in [1.29, 1.82) is 0 Å². The molecule has 6 rings (SSSR count). The molecule has 228 valence electrons. The number of hydrogen-bond acceptors (Lipinski definition) is 4. The minimum absolute atomic E-state index is 0.0555. The third-order valence-corrected chi connectivity index (χ3v) is 8.83. The highest BCUT2D eigenvalue weighted by Crippen LogP contribution is 2.56. The first kappa shape index (κ1) is 30.2. The van der Waals surface area contributed by atoms with Crippen molar-refractivity contribution >= 4 is 29.1 Å². The lowest BCUT2D eigenvalue weighted by molar-refractivity contribution is -0.199. The minimum Gasteiger partial charge on any atom is -0.326 e. The molecule has 13 heteroatoms. The summed E-state index contributed by atoms with van der Waals surface area (Å²) in [6, 6.07) is 4.93. The van der Waals surface area contributed by atoms with Gasteiger partial charge in [-0.15, -0.1) is 0 Å². The fraction of sp³-hybridized carbons (Fsp3) is 0.290. The number of carbonyl (C=O) groups excluding carboxylic acids is 1. The maximum atomic E-state index is 16.3. The van der Waals surface area contributed by atoms with E-state index in [2.05, 4.69) is 9.97 Å². The third kappa shape index (κ3) is 5.05. The van der Waals surface area contributed by atoms with Gasteiger partial charge in [0.15, 0.2) is 5.82 Å². The first-order valence-corrected chi connectivity index (χ1v) is 14.4. The van der Waals surface area contributed by atoms with Crippen LogP contribution in [0.25, 0.3) is 16.9 Å². The lowest BCUT2D eigenvalue weighted by Crippen LogP contribution is -2.58. The van der Waals surface area contributed by atoms with Crippen LogP contribution in [-0.2, 0) is 0 Å². The van der Waals surface area contributed by atoms with Crippen LogP contribution in [-0.4, -0.2) is 44.1 Å². The molecule has 1 aromatic carbocycles. The molecule has 0 unspecified atom stereocenters. The molecule has 0 bridgehead atoms. The summed E-state index contributed by atoms with van der Waals surface area (Å²) in [5.41, 5.74) is -0.382. The Morgan fingerprint density at radius 1 is 1.02 bits per heavy atom. The topological polar surface area (TPSA) is 68.1 Å². The Labute approximate surface area is 258 Å². The summed E-state index contributed by atoms with van der Waals surface area (Å²) >= 11 is 12.7. The minimum atomic E-state index is -4.66. The summed E-state index contributed by atoms with van der Waals surface area (Å²) in [7, 11) is 0. The molecule has 0 N–H and O–H groups in total. The molecule has 0 spiro atoms. The number of hydrogen-bond donors (Lipinski definition) is 0. The van der Waals surface area contributed by atoms with Gasteiger partial charge in [0.25, 0.3) is 11.5 Å². The van der Waals surface area contributed by atoms with Crippen LogP contribution in [0.1, 0.15) is 57.4 Å². The number of benzene rings is 1. The molecule has 1 aliphatic carbocycles. The summed E-state index contributed by atoms with van der Waals surface area (Å²) in [6.07, 6.45) is 0.241. The molecule has 1 aliphatic heterocycles. The van der Waals surface area contributed by atoms with Crippen LogP contribution < -0.4 is 5.56 Å². The smallest absolute Gasteiger partial charge is 0.326 e. The van der Waals surface area contributed by atoms with Crippen LogP contribution in [0.2, 0.25) is 10.0 Å². The van der Waals surface area contributed by atoms with Crippen molar-refractivity contribution < 1.29 is 26.7 Å². The van der Waals surface area contributed by atoms with E-state index in [1.54, 1.807) is 25.3 Å². The van der Waals surface area contributed by atoms with E-state index in [-0.39, 0.29) is 41.1 Å². The van der Waals surface area contributed by atoms with Crippen LogP contribution in [0.15, 0.2) is 53.7 Å². The molecular weight excluding hydrogens is 626 g/mol. The fourth-order valence-corrected chi connectivity index (χ4v) is 6.31. The number of aromatic nitrogens is 3. The number of aryl methyl sites for hydroxylation is 2. The van der Waals surface area contributed by atoms with E-state index in [4.69, 9.17) is 23.2 Å². The quantitative estimate of drug-likeness (QED) is 0.210. The molecular formula is C31H23Cl2F5N4O2. The van der Waals surface area contributed by atoms with Gasteiger partial charge in [-0.05, 0) is 79.5 Å². The third-order valence-electron chi connectivity index (χ3n) is 8.25. The van der Waals surface area contributed by atoms with Gasteiger partial charge in [-0.25, -0.2) is 8.78 Å². The van der Waals surface area contributed by atoms with Gasteiger partial charge in [0, 0.05) is 36.4 Å². The SMILES string of the molecule is Cc1cnc(-c2cccc(C(=O)N3CC[C@@H]3C(F)(F)F)c2F)c(F)c1-n1c(C)cc([C@H]2C[C@@H]2c2cncc(Cl)c2)c(Cl)c1=O. The van der Waals surface area contributed by atoms with E-state index in [0.29, 0.717) is 27.6 Å². The second-order valence-corrected chi connectivity index (χ2v) is 11.9. The number of pyridine rings is 3. The van der Waals surface area contributed by atoms with Gasteiger partial charge in [0.1, 0.15) is 22.6 Å². The van der Waals surface area contributed by atoms with Crippen LogP contribution in [0.4, 0.5) is 22.0 Å². The lowest BCUT2D eigenvalue weighted by atomic mass is 9.98. The van der Waals surface area contributed by atoms with E-state index in [9.17, 15) is 22.8 Å². The molecule has 2 fully saturated rings. The second kappa shape index (κ2) is 11.0. The second-order valence-electron chi connectivity index (χ2n) is 11.0. The molecule has 3 atom stereocenters. The molecule has 1 amide bonds. The van der Waals surface area contributed by atoms with Gasteiger partial charge < -0.3 is 4.90 Å².